The summed E-state index contributed by atoms with van der Waals surface area (Å²) in [5.41, 5.74) is 4.50. The first-order chi connectivity index (χ1) is 12.3. The van der Waals surface area contributed by atoms with Gasteiger partial charge in [-0.15, -0.1) is 0 Å². The van der Waals surface area contributed by atoms with Gasteiger partial charge < -0.3 is 15.8 Å². The number of ether oxygens (including phenoxy) is 1. The number of carbonyl (C=O) groups is 4. The van der Waals surface area contributed by atoms with Crippen LogP contribution in [0.25, 0.3) is 0 Å². The van der Waals surface area contributed by atoms with Crippen LogP contribution in [0.5, 0.6) is 0 Å². The average molecular weight is 372 g/mol. The number of nitrogens with two attached hydrogens (primary N) is 1. The normalized spacial score (nSPS) is 22.2. The molecule has 2 fully saturated rings. The molecule has 0 spiro atoms. The maximum absolute atomic E-state index is 11.7. The zero-order chi connectivity index (χ0) is 20.1. The van der Waals surface area contributed by atoms with Crippen LogP contribution in [0.4, 0.5) is 0 Å². The molecule has 150 valence electrons. The Morgan fingerprint density at radius 1 is 1.15 bits per heavy atom. The number of hydrogen-bond acceptors (Lipinski definition) is 7. The van der Waals surface area contributed by atoms with Crippen LogP contribution in [0.1, 0.15) is 46.0 Å². The number of rotatable bonds is 4. The van der Waals surface area contributed by atoms with Gasteiger partial charge in [-0.25, -0.2) is 0 Å². The molecule has 2 heterocycles. The van der Waals surface area contributed by atoms with E-state index in [1.54, 1.807) is 0 Å². The number of methoxy groups -OCH3 is 1. The molecule has 2 atom stereocenters. The Bertz CT molecular complexity index is 460. The Balaban J connectivity index is 0.000000575. The molecule has 0 radical (unpaired) electrons. The van der Waals surface area contributed by atoms with Crippen molar-refractivity contribution in [3.63, 3.8) is 0 Å². The van der Waals surface area contributed by atoms with Crippen molar-refractivity contribution in [3.8, 4) is 0 Å². The van der Waals surface area contributed by atoms with Gasteiger partial charge in [-0.3, -0.25) is 29.4 Å². The van der Waals surface area contributed by atoms with Crippen LogP contribution in [0.2, 0.25) is 0 Å². The predicted molar refractivity (Wildman–Crippen MR) is 97.0 cm³/mol. The third-order valence-electron chi connectivity index (χ3n) is 4.22. The molecule has 0 aromatic rings. The first-order valence-corrected chi connectivity index (χ1v) is 8.83. The number of hydrogen-bond donors (Lipinski definition) is 3. The molecule has 2 rings (SSSR count). The van der Waals surface area contributed by atoms with E-state index in [0.717, 1.165) is 12.8 Å². The van der Waals surface area contributed by atoms with Gasteiger partial charge in [-0.05, 0) is 33.7 Å². The number of amides is 3. The Labute approximate surface area is 155 Å². The van der Waals surface area contributed by atoms with Gasteiger partial charge >= 0.3 is 5.97 Å². The minimum Gasteiger partial charge on any atom is -0.468 e. The van der Waals surface area contributed by atoms with E-state index in [1.807, 2.05) is 0 Å². The lowest BCUT2D eigenvalue weighted by Crippen LogP contribution is -2.49. The summed E-state index contributed by atoms with van der Waals surface area (Å²) in [5.74, 6) is -0.830. The van der Waals surface area contributed by atoms with Gasteiger partial charge in [0, 0.05) is 24.9 Å². The highest BCUT2D eigenvalue weighted by Crippen LogP contribution is 2.21. The maximum Gasteiger partial charge on any atom is 0.325 e. The number of likely N-dealkylation sites (tertiary alicyclic amines) is 1. The summed E-state index contributed by atoms with van der Waals surface area (Å²) in [6.45, 7) is 4.59. The number of imide groups is 1. The largest absolute Gasteiger partial charge is 0.468 e. The lowest BCUT2D eigenvalue weighted by Gasteiger charge is -2.38. The Hall–Kier alpha value is -2.00. The fourth-order valence-electron chi connectivity index (χ4n) is 2.76. The molecule has 4 N–H and O–H groups in total. The van der Waals surface area contributed by atoms with Crippen molar-refractivity contribution in [2.45, 2.75) is 58.0 Å². The fourth-order valence-corrected chi connectivity index (χ4v) is 2.76. The van der Waals surface area contributed by atoms with Crippen molar-refractivity contribution in [1.82, 2.24) is 15.5 Å². The van der Waals surface area contributed by atoms with Gasteiger partial charge in [0.15, 0.2) is 0 Å². The summed E-state index contributed by atoms with van der Waals surface area (Å²) >= 11 is 0. The molecule has 2 unspecified atom stereocenters. The topological polar surface area (TPSA) is 131 Å². The van der Waals surface area contributed by atoms with Crippen LogP contribution in [0.3, 0.4) is 0 Å². The average Bonchev–Trinajstić information content (AvgIpc) is 3.01. The van der Waals surface area contributed by atoms with Gasteiger partial charge in [0.25, 0.3) is 0 Å². The summed E-state index contributed by atoms with van der Waals surface area (Å²) in [6, 6.07) is 0.866. The summed E-state index contributed by atoms with van der Waals surface area (Å²) in [7, 11) is 2.81. The number of nitrogens with one attached hydrogen (secondary N) is 2. The van der Waals surface area contributed by atoms with E-state index in [9.17, 15) is 19.2 Å². The maximum atomic E-state index is 11.7. The molecule has 3 amide bonds. The molecule has 0 aliphatic carbocycles. The van der Waals surface area contributed by atoms with Crippen molar-refractivity contribution in [2.75, 3.05) is 27.2 Å². The van der Waals surface area contributed by atoms with E-state index >= 15 is 0 Å². The minimum absolute atomic E-state index is 0.0497. The van der Waals surface area contributed by atoms with Gasteiger partial charge in [0.1, 0.15) is 6.54 Å². The van der Waals surface area contributed by atoms with E-state index in [0.29, 0.717) is 31.5 Å². The van der Waals surface area contributed by atoms with Gasteiger partial charge in [0.05, 0.1) is 13.7 Å². The monoisotopic (exact) mass is 372 g/mol. The summed E-state index contributed by atoms with van der Waals surface area (Å²) in [6.07, 6.45) is 4.24. The predicted octanol–water partition coefficient (Wildman–Crippen LogP) is -0.464. The number of carbonyl (C=O) groups excluding carboxylic acids is 4. The first-order valence-electron chi connectivity index (χ1n) is 8.83. The highest BCUT2D eigenvalue weighted by molar-refractivity contribution is 6.01. The fraction of sp³-hybridized carbons (Fsp3) is 0.765. The standard InChI is InChI=1S/C12H22N2O3.C4H5NO2.CH5N/c1-9-5-4-6-10(2)14(9)8-11(15)13-7-12(16)17-3;6-3-1-2-4(7)5-3;1-2/h9-10H,4-8H2,1-3H3,(H,13,15);1-2H2,(H,5,6,7);2H2,1H3. The Morgan fingerprint density at radius 3 is 2.04 bits per heavy atom. The second-order valence-electron chi connectivity index (χ2n) is 6.13. The highest BCUT2D eigenvalue weighted by Gasteiger charge is 2.26. The Morgan fingerprint density at radius 2 is 1.65 bits per heavy atom. The minimum atomic E-state index is -0.418. The third kappa shape index (κ3) is 9.47. The van der Waals surface area contributed by atoms with E-state index in [-0.39, 0.29) is 24.3 Å². The lowest BCUT2D eigenvalue weighted by atomic mass is 9.97. The van der Waals surface area contributed by atoms with E-state index < -0.39 is 5.97 Å². The quantitative estimate of drug-likeness (QED) is 0.449. The molecule has 9 nitrogen and oxygen atoms in total. The number of esters is 1. The van der Waals surface area contributed by atoms with Crippen LogP contribution in [0.15, 0.2) is 0 Å². The molecule has 26 heavy (non-hydrogen) atoms. The van der Waals surface area contributed by atoms with E-state index in [1.165, 1.54) is 20.6 Å². The van der Waals surface area contributed by atoms with Crippen molar-refractivity contribution >= 4 is 23.7 Å². The molecule has 2 saturated heterocycles. The van der Waals surface area contributed by atoms with Gasteiger partial charge in [-0.2, -0.15) is 0 Å². The second-order valence-corrected chi connectivity index (χ2v) is 6.13. The van der Waals surface area contributed by atoms with Crippen LogP contribution >= 0.6 is 0 Å². The van der Waals surface area contributed by atoms with Crippen molar-refractivity contribution in [3.05, 3.63) is 0 Å². The second kappa shape index (κ2) is 13.2. The van der Waals surface area contributed by atoms with E-state index in [2.05, 4.69) is 39.9 Å². The zero-order valence-electron chi connectivity index (χ0n) is 16.2. The Kier molecular flexibility index (Phi) is 12.2. The molecule has 9 heteroatoms. The first kappa shape index (κ1) is 24.0. The summed E-state index contributed by atoms with van der Waals surface area (Å²) in [4.78, 5) is 45.0. The number of nitrogens with zero attached hydrogens (tertiary/aromatic N) is 1. The van der Waals surface area contributed by atoms with Crippen LogP contribution < -0.4 is 16.4 Å². The van der Waals surface area contributed by atoms with Crippen LogP contribution in [0, 0.1) is 0 Å². The summed E-state index contributed by atoms with van der Waals surface area (Å²) in [5, 5.41) is 4.71. The smallest absolute Gasteiger partial charge is 0.325 e. The highest BCUT2D eigenvalue weighted by atomic mass is 16.5. The molecule has 2 aliphatic heterocycles. The van der Waals surface area contributed by atoms with Crippen molar-refractivity contribution in [1.29, 1.82) is 0 Å². The van der Waals surface area contributed by atoms with Gasteiger partial charge in [-0.1, -0.05) is 6.42 Å². The van der Waals surface area contributed by atoms with Crippen LogP contribution in [-0.4, -0.2) is 67.9 Å². The molecular formula is C17H32N4O5. The zero-order valence-corrected chi connectivity index (χ0v) is 16.2. The molecule has 0 bridgehead atoms. The molecule has 0 saturated carbocycles. The third-order valence-corrected chi connectivity index (χ3v) is 4.22. The number of piperidine rings is 1. The van der Waals surface area contributed by atoms with Crippen molar-refractivity contribution < 1.29 is 23.9 Å². The van der Waals surface area contributed by atoms with Crippen LogP contribution in [-0.2, 0) is 23.9 Å². The molecule has 0 aromatic carbocycles. The summed E-state index contributed by atoms with van der Waals surface area (Å²) < 4.78 is 4.47. The molecule has 0 aromatic heterocycles. The molecular weight excluding hydrogens is 340 g/mol. The lowest BCUT2D eigenvalue weighted by molar-refractivity contribution is -0.141. The van der Waals surface area contributed by atoms with E-state index in [4.69, 9.17) is 0 Å². The van der Waals surface area contributed by atoms with Gasteiger partial charge in [0.2, 0.25) is 17.7 Å². The SMILES string of the molecule is CN.COC(=O)CNC(=O)CN1C(C)CCCC1C.O=C1CCC(=O)N1. The van der Waals surface area contributed by atoms with Crippen molar-refractivity contribution in [2.24, 2.45) is 5.73 Å². The molecule has 2 aliphatic rings.